The summed E-state index contributed by atoms with van der Waals surface area (Å²) >= 11 is 1.01. The quantitative estimate of drug-likeness (QED) is 0.684. The molecule has 1 aliphatic rings. The molecule has 9 heteroatoms. The molecule has 0 amide bonds. The predicted octanol–water partition coefficient (Wildman–Crippen LogP) is -0.447. The molecule has 1 aliphatic heterocycles. The van der Waals surface area contributed by atoms with Gasteiger partial charge in [0.2, 0.25) is 0 Å². The normalized spacial score (nSPS) is 31.1. The van der Waals surface area contributed by atoms with Gasteiger partial charge in [-0.2, -0.15) is 4.98 Å². The smallest absolute Gasteiger partial charge is 0.350 e. The van der Waals surface area contributed by atoms with Crippen molar-refractivity contribution in [2.75, 3.05) is 12.3 Å². The van der Waals surface area contributed by atoms with Crippen LogP contribution in [0.1, 0.15) is 5.37 Å². The Balaban J connectivity index is 0.00000162. The molecule has 4 atom stereocenters. The van der Waals surface area contributed by atoms with Gasteiger partial charge in [0.1, 0.15) is 17.3 Å². The van der Waals surface area contributed by atoms with Crippen LogP contribution in [0.15, 0.2) is 17.1 Å². The van der Waals surface area contributed by atoms with E-state index in [0.717, 1.165) is 16.3 Å². The van der Waals surface area contributed by atoms with Gasteiger partial charge >= 0.3 is 5.69 Å². The first-order chi connectivity index (χ1) is 8.04. The number of nitrogens with zero attached hydrogens (tertiary/aromatic N) is 2. The summed E-state index contributed by atoms with van der Waals surface area (Å²) in [5.74, 6) is 0.0592. The molecule has 2 heterocycles. The lowest BCUT2D eigenvalue weighted by molar-refractivity contribution is 0.0631. The van der Waals surface area contributed by atoms with Crippen molar-refractivity contribution in [1.29, 1.82) is 0 Å². The van der Waals surface area contributed by atoms with E-state index in [1.807, 2.05) is 0 Å². The maximum absolute atomic E-state index is 13.8. The third-order valence-electron chi connectivity index (χ3n) is 2.60. The van der Waals surface area contributed by atoms with Crippen molar-refractivity contribution >= 4 is 30.0 Å². The fraction of sp³-hybridized carbons (Fsp3) is 0.556. The first-order valence-electron chi connectivity index (χ1n) is 4.97. The van der Waals surface area contributed by atoms with E-state index in [1.165, 1.54) is 12.3 Å². The molecule has 0 aromatic carbocycles. The summed E-state index contributed by atoms with van der Waals surface area (Å²) in [5.41, 5.74) is 4.66. The van der Waals surface area contributed by atoms with Crippen LogP contribution in [-0.4, -0.2) is 43.9 Å². The molecule has 102 valence electrons. The van der Waals surface area contributed by atoms with Crippen molar-refractivity contribution in [3.63, 3.8) is 0 Å². The molecule has 1 aromatic heterocycles. The molecule has 1 saturated heterocycles. The molecule has 0 bridgehead atoms. The van der Waals surface area contributed by atoms with E-state index < -0.39 is 28.6 Å². The Kier molecular flexibility index (Phi) is 4.97. The van der Waals surface area contributed by atoms with Gasteiger partial charge in [-0.05, 0) is 6.07 Å². The summed E-state index contributed by atoms with van der Waals surface area (Å²) in [6, 6.07) is 1.38. The fourth-order valence-corrected chi connectivity index (χ4v) is 3.06. The Morgan fingerprint density at radius 3 is 2.78 bits per heavy atom. The molecule has 2 rings (SSSR count). The average Bonchev–Trinajstić information content (AvgIpc) is 2.57. The predicted molar refractivity (Wildman–Crippen MR) is 68.6 cm³/mol. The number of aliphatic hydroxyl groups excluding tert-OH is 2. The van der Waals surface area contributed by atoms with E-state index in [-0.39, 0.29) is 24.8 Å². The summed E-state index contributed by atoms with van der Waals surface area (Å²) < 4.78 is 14.9. The van der Waals surface area contributed by atoms with Crippen LogP contribution in [0, 0.1) is 0 Å². The number of alkyl halides is 1. The lowest BCUT2D eigenvalue weighted by Gasteiger charge is -2.15. The van der Waals surface area contributed by atoms with Crippen LogP contribution in [0.25, 0.3) is 0 Å². The maximum Gasteiger partial charge on any atom is 0.350 e. The minimum Gasteiger partial charge on any atom is -0.395 e. The minimum atomic E-state index is -1.62. The van der Waals surface area contributed by atoms with Crippen molar-refractivity contribution in [2.45, 2.75) is 22.9 Å². The number of hydrogen-bond donors (Lipinski definition) is 3. The second-order valence-electron chi connectivity index (χ2n) is 3.72. The average molecular weight is 298 g/mol. The van der Waals surface area contributed by atoms with Crippen molar-refractivity contribution in [3.8, 4) is 0 Å². The van der Waals surface area contributed by atoms with Crippen molar-refractivity contribution in [1.82, 2.24) is 9.55 Å². The standard InChI is InChI=1S/C9H12FN3O3S.ClH/c10-6-7(15)4(3-14)17-8(6)13-2-1-5(11)12-9(13)16;/h1-2,4,6-8,14-15H,3H2,(H2,11,12,16);1H/t4-,6+,7-,8?;/m0./s1. The number of anilines is 1. The van der Waals surface area contributed by atoms with Crippen LogP contribution in [0.5, 0.6) is 0 Å². The Morgan fingerprint density at radius 1 is 1.61 bits per heavy atom. The van der Waals surface area contributed by atoms with Gasteiger partial charge in [-0.1, -0.05) is 0 Å². The monoisotopic (exact) mass is 297 g/mol. The first-order valence-corrected chi connectivity index (χ1v) is 5.92. The van der Waals surface area contributed by atoms with Gasteiger partial charge in [0.15, 0.2) is 6.17 Å². The Morgan fingerprint density at radius 2 is 2.28 bits per heavy atom. The maximum atomic E-state index is 13.8. The van der Waals surface area contributed by atoms with Crippen molar-refractivity contribution < 1.29 is 14.6 Å². The Labute approximate surface area is 112 Å². The van der Waals surface area contributed by atoms with Gasteiger partial charge in [-0.3, -0.25) is 4.57 Å². The summed E-state index contributed by atoms with van der Waals surface area (Å²) in [5, 5.41) is 17.0. The van der Waals surface area contributed by atoms with E-state index in [2.05, 4.69) is 4.98 Å². The van der Waals surface area contributed by atoms with E-state index >= 15 is 0 Å². The summed E-state index contributed by atoms with van der Waals surface area (Å²) in [4.78, 5) is 15.0. The Bertz CT molecular complexity index is 475. The fourth-order valence-electron chi connectivity index (χ4n) is 1.70. The second kappa shape index (κ2) is 5.87. The molecular formula is C9H13ClFN3O3S. The molecule has 1 fully saturated rings. The SMILES string of the molecule is Cl.Nc1ccn(C2S[C@@H](CO)[C@H](O)[C@H]2F)c(=O)n1. The van der Waals surface area contributed by atoms with E-state index in [4.69, 9.17) is 10.8 Å². The van der Waals surface area contributed by atoms with Crippen LogP contribution >= 0.6 is 24.2 Å². The molecule has 0 saturated carbocycles. The van der Waals surface area contributed by atoms with Gasteiger partial charge < -0.3 is 15.9 Å². The van der Waals surface area contributed by atoms with Crippen molar-refractivity contribution in [3.05, 3.63) is 22.7 Å². The molecule has 0 spiro atoms. The molecule has 6 nitrogen and oxygen atoms in total. The summed E-state index contributed by atoms with van der Waals surface area (Å²) in [6.45, 7) is -0.347. The molecule has 4 N–H and O–H groups in total. The van der Waals surface area contributed by atoms with Crippen LogP contribution in [0.3, 0.4) is 0 Å². The number of halogens is 2. The van der Waals surface area contributed by atoms with Gasteiger partial charge in [-0.25, -0.2) is 9.18 Å². The highest BCUT2D eigenvalue weighted by Crippen LogP contribution is 2.42. The lowest BCUT2D eigenvalue weighted by Crippen LogP contribution is -2.33. The number of aromatic nitrogens is 2. The van der Waals surface area contributed by atoms with Gasteiger partial charge in [0.05, 0.1) is 11.9 Å². The van der Waals surface area contributed by atoms with Crippen molar-refractivity contribution in [2.24, 2.45) is 0 Å². The third kappa shape index (κ3) is 2.61. The third-order valence-corrected chi connectivity index (χ3v) is 4.14. The van der Waals surface area contributed by atoms with Crippen LogP contribution in [-0.2, 0) is 0 Å². The van der Waals surface area contributed by atoms with Gasteiger partial charge in [0, 0.05) is 6.20 Å². The largest absolute Gasteiger partial charge is 0.395 e. The van der Waals surface area contributed by atoms with Gasteiger partial charge in [-0.15, -0.1) is 24.2 Å². The van der Waals surface area contributed by atoms with Crippen LogP contribution < -0.4 is 11.4 Å². The minimum absolute atomic E-state index is 0. The molecule has 18 heavy (non-hydrogen) atoms. The van der Waals surface area contributed by atoms with Crippen LogP contribution in [0.4, 0.5) is 10.2 Å². The van der Waals surface area contributed by atoms with Crippen LogP contribution in [0.2, 0.25) is 0 Å². The zero-order valence-corrected chi connectivity index (χ0v) is 10.8. The lowest BCUT2D eigenvalue weighted by atomic mass is 10.1. The zero-order chi connectivity index (χ0) is 12.6. The number of rotatable bonds is 2. The molecule has 1 aromatic rings. The number of hydrogen-bond acceptors (Lipinski definition) is 6. The highest BCUT2D eigenvalue weighted by Gasteiger charge is 2.44. The van der Waals surface area contributed by atoms with E-state index in [9.17, 15) is 14.3 Å². The van der Waals surface area contributed by atoms with E-state index in [1.54, 1.807) is 0 Å². The van der Waals surface area contributed by atoms with E-state index in [0.29, 0.717) is 0 Å². The molecule has 0 aliphatic carbocycles. The Hall–Kier alpha value is -0.830. The highest BCUT2D eigenvalue weighted by atomic mass is 35.5. The molecule has 0 radical (unpaired) electrons. The second-order valence-corrected chi connectivity index (χ2v) is 5.09. The highest BCUT2D eigenvalue weighted by molar-refractivity contribution is 8.00. The summed E-state index contributed by atoms with van der Waals surface area (Å²) in [6.07, 6.45) is -1.58. The number of nitrogen functional groups attached to an aromatic ring is 1. The summed E-state index contributed by atoms with van der Waals surface area (Å²) in [7, 11) is 0. The first kappa shape index (κ1) is 15.2. The number of nitrogens with two attached hydrogens (primary N) is 1. The molecule has 1 unspecified atom stereocenters. The van der Waals surface area contributed by atoms with Gasteiger partial charge in [0.25, 0.3) is 0 Å². The molecular weight excluding hydrogens is 285 g/mol. The zero-order valence-electron chi connectivity index (χ0n) is 9.14. The number of thioether (sulfide) groups is 1. The number of aliphatic hydroxyl groups is 2. The topological polar surface area (TPSA) is 101 Å².